The van der Waals surface area contributed by atoms with Crippen molar-refractivity contribution >= 4 is 17.1 Å². The lowest BCUT2D eigenvalue weighted by atomic mass is 10.3. The summed E-state index contributed by atoms with van der Waals surface area (Å²) in [6.45, 7) is -0.206. The number of para-hydroxylation sites is 3. The number of fused-ring (bicyclic) bond motifs is 1. The second-order valence-corrected chi connectivity index (χ2v) is 4.02. The summed E-state index contributed by atoms with van der Waals surface area (Å²) in [6, 6.07) is 16.2. The third-order valence-electron chi connectivity index (χ3n) is 2.58. The molecule has 3 aromatic rings. The van der Waals surface area contributed by atoms with E-state index >= 15 is 0 Å². The molecule has 0 atom stereocenters. The molecule has 0 amide bonds. The van der Waals surface area contributed by atoms with Crippen molar-refractivity contribution in [2.24, 2.45) is 0 Å². The lowest BCUT2D eigenvalue weighted by Gasteiger charge is -2.03. The minimum atomic E-state index is -0.569. The van der Waals surface area contributed by atoms with Gasteiger partial charge < -0.3 is 13.9 Å². The largest absolute Gasteiger partial charge is 0.482 e. The average molecular weight is 269 g/mol. The zero-order chi connectivity index (χ0) is 13.8. The first-order chi connectivity index (χ1) is 9.81. The molecule has 2 aromatic carbocycles. The van der Waals surface area contributed by atoms with Crippen molar-refractivity contribution in [3.8, 4) is 11.8 Å². The fourth-order valence-electron chi connectivity index (χ4n) is 1.68. The van der Waals surface area contributed by atoms with Gasteiger partial charge in [-0.2, -0.15) is 4.98 Å². The first-order valence-corrected chi connectivity index (χ1v) is 6.05. The maximum Gasteiger partial charge on any atom is 0.402 e. The number of rotatable bonds is 4. The van der Waals surface area contributed by atoms with Gasteiger partial charge in [0.15, 0.2) is 12.2 Å². The molecule has 0 unspecified atom stereocenters. The van der Waals surface area contributed by atoms with E-state index in [2.05, 4.69) is 4.98 Å². The van der Waals surface area contributed by atoms with Gasteiger partial charge in [-0.25, -0.2) is 4.79 Å². The summed E-state index contributed by atoms with van der Waals surface area (Å²) in [5.74, 6) is 0.0300. The Labute approximate surface area is 114 Å². The molecule has 1 heterocycles. The van der Waals surface area contributed by atoms with Gasteiger partial charge in [0, 0.05) is 0 Å². The second kappa shape index (κ2) is 5.44. The van der Waals surface area contributed by atoms with Crippen LogP contribution in [0.3, 0.4) is 0 Å². The fraction of sp³-hybridized carbons (Fsp3) is 0.0667. The SMILES string of the molecule is O=C(COc1ccccc1)Oc1nc2ccccc2o1. The molecule has 3 rings (SSSR count). The Morgan fingerprint density at radius 1 is 1.05 bits per heavy atom. The Morgan fingerprint density at radius 3 is 2.60 bits per heavy atom. The molecule has 0 N–H and O–H groups in total. The molecule has 0 aliphatic carbocycles. The number of oxazole rings is 1. The van der Waals surface area contributed by atoms with Crippen molar-refractivity contribution < 1.29 is 18.7 Å². The summed E-state index contributed by atoms with van der Waals surface area (Å²) in [7, 11) is 0. The maximum absolute atomic E-state index is 11.6. The summed E-state index contributed by atoms with van der Waals surface area (Å²) in [6.07, 6.45) is -0.0761. The summed E-state index contributed by atoms with van der Waals surface area (Å²) < 4.78 is 15.5. The first kappa shape index (κ1) is 12.2. The predicted octanol–water partition coefficient (Wildman–Crippen LogP) is 2.81. The standard InChI is InChI=1S/C15H11NO4/c17-14(10-18-11-6-2-1-3-7-11)20-15-16-12-8-4-5-9-13(12)19-15/h1-9H,10H2. The number of hydrogen-bond acceptors (Lipinski definition) is 5. The normalized spacial score (nSPS) is 10.4. The number of hydrogen-bond donors (Lipinski definition) is 0. The molecule has 5 nitrogen and oxygen atoms in total. The number of ether oxygens (including phenoxy) is 2. The van der Waals surface area contributed by atoms with Crippen LogP contribution in [0, 0.1) is 0 Å². The van der Waals surface area contributed by atoms with E-state index in [-0.39, 0.29) is 12.7 Å². The smallest absolute Gasteiger partial charge is 0.402 e. The van der Waals surface area contributed by atoms with Gasteiger partial charge in [0.25, 0.3) is 0 Å². The maximum atomic E-state index is 11.6. The molecule has 20 heavy (non-hydrogen) atoms. The van der Waals surface area contributed by atoms with Crippen molar-refractivity contribution in [2.75, 3.05) is 6.61 Å². The molecule has 0 aliphatic rings. The topological polar surface area (TPSA) is 61.6 Å². The van der Waals surface area contributed by atoms with Gasteiger partial charge in [-0.1, -0.05) is 30.3 Å². The van der Waals surface area contributed by atoms with E-state index in [1.807, 2.05) is 30.3 Å². The van der Waals surface area contributed by atoms with Gasteiger partial charge in [-0.15, -0.1) is 0 Å². The molecule has 0 aliphatic heterocycles. The summed E-state index contributed by atoms with van der Waals surface area (Å²) >= 11 is 0. The zero-order valence-corrected chi connectivity index (χ0v) is 10.5. The Morgan fingerprint density at radius 2 is 1.80 bits per heavy atom. The Bertz CT molecular complexity index is 688. The highest BCUT2D eigenvalue weighted by atomic mass is 16.6. The third-order valence-corrected chi connectivity index (χ3v) is 2.58. The quantitative estimate of drug-likeness (QED) is 0.681. The van der Waals surface area contributed by atoms with Gasteiger partial charge in [0.1, 0.15) is 11.3 Å². The number of carbonyl (C=O) groups excluding carboxylic acids is 1. The van der Waals surface area contributed by atoms with E-state index in [0.717, 1.165) is 0 Å². The van der Waals surface area contributed by atoms with E-state index < -0.39 is 5.97 Å². The van der Waals surface area contributed by atoms with E-state index in [0.29, 0.717) is 16.8 Å². The fourth-order valence-corrected chi connectivity index (χ4v) is 1.68. The van der Waals surface area contributed by atoms with Crippen LogP contribution >= 0.6 is 0 Å². The van der Waals surface area contributed by atoms with Crippen LogP contribution in [0.25, 0.3) is 11.1 Å². The predicted molar refractivity (Wildman–Crippen MR) is 71.6 cm³/mol. The average Bonchev–Trinajstić information content (AvgIpc) is 2.88. The minimum Gasteiger partial charge on any atom is -0.482 e. The van der Waals surface area contributed by atoms with Crippen LogP contribution in [0.2, 0.25) is 0 Å². The van der Waals surface area contributed by atoms with Gasteiger partial charge in [-0.05, 0) is 24.3 Å². The molecule has 0 bridgehead atoms. The third kappa shape index (κ3) is 2.77. The highest BCUT2D eigenvalue weighted by molar-refractivity contribution is 5.76. The van der Waals surface area contributed by atoms with Crippen LogP contribution in [-0.4, -0.2) is 17.6 Å². The highest BCUT2D eigenvalue weighted by Gasteiger charge is 2.12. The lowest BCUT2D eigenvalue weighted by Crippen LogP contribution is -2.17. The number of carbonyl (C=O) groups is 1. The van der Waals surface area contributed by atoms with Gasteiger partial charge in [-0.3, -0.25) is 0 Å². The first-order valence-electron chi connectivity index (χ1n) is 6.05. The molecule has 1 aromatic heterocycles. The molecular formula is C15H11NO4. The summed E-state index contributed by atoms with van der Waals surface area (Å²) in [5, 5.41) is 0. The van der Waals surface area contributed by atoms with Gasteiger partial charge in [0.05, 0.1) is 0 Å². The zero-order valence-electron chi connectivity index (χ0n) is 10.5. The molecule has 100 valence electrons. The van der Waals surface area contributed by atoms with Crippen LogP contribution in [0.1, 0.15) is 0 Å². The molecule has 0 fully saturated rings. The lowest BCUT2D eigenvalue weighted by molar-refractivity contribution is -0.138. The molecule has 5 heteroatoms. The minimum absolute atomic E-state index is 0.0761. The number of benzene rings is 2. The second-order valence-electron chi connectivity index (χ2n) is 4.02. The molecule has 0 spiro atoms. The summed E-state index contributed by atoms with van der Waals surface area (Å²) in [5.41, 5.74) is 1.21. The van der Waals surface area contributed by atoms with Crippen molar-refractivity contribution in [2.45, 2.75) is 0 Å². The van der Waals surface area contributed by atoms with E-state index in [9.17, 15) is 4.79 Å². The van der Waals surface area contributed by atoms with E-state index in [1.54, 1.807) is 24.3 Å². The van der Waals surface area contributed by atoms with Crippen molar-refractivity contribution in [3.63, 3.8) is 0 Å². The van der Waals surface area contributed by atoms with Crippen LogP contribution in [0.4, 0.5) is 0 Å². The molecular weight excluding hydrogens is 258 g/mol. The monoisotopic (exact) mass is 269 g/mol. The number of aromatic nitrogens is 1. The number of esters is 1. The molecule has 0 saturated carbocycles. The van der Waals surface area contributed by atoms with Crippen LogP contribution in [0.5, 0.6) is 11.8 Å². The number of nitrogens with zero attached hydrogens (tertiary/aromatic N) is 1. The Hall–Kier alpha value is -2.82. The van der Waals surface area contributed by atoms with Crippen molar-refractivity contribution in [1.29, 1.82) is 0 Å². The van der Waals surface area contributed by atoms with Crippen LogP contribution < -0.4 is 9.47 Å². The van der Waals surface area contributed by atoms with Crippen LogP contribution in [-0.2, 0) is 4.79 Å². The Balaban J connectivity index is 1.61. The van der Waals surface area contributed by atoms with E-state index in [4.69, 9.17) is 13.9 Å². The van der Waals surface area contributed by atoms with Crippen LogP contribution in [0.15, 0.2) is 59.0 Å². The summed E-state index contributed by atoms with van der Waals surface area (Å²) in [4.78, 5) is 15.7. The van der Waals surface area contributed by atoms with Gasteiger partial charge in [0.2, 0.25) is 0 Å². The Kier molecular flexibility index (Phi) is 3.33. The molecule has 0 radical (unpaired) electrons. The molecule has 0 saturated heterocycles. The van der Waals surface area contributed by atoms with E-state index in [1.165, 1.54) is 0 Å². The van der Waals surface area contributed by atoms with Crippen molar-refractivity contribution in [3.05, 3.63) is 54.6 Å². The van der Waals surface area contributed by atoms with Gasteiger partial charge >= 0.3 is 12.0 Å². The highest BCUT2D eigenvalue weighted by Crippen LogP contribution is 2.19. The van der Waals surface area contributed by atoms with Crippen molar-refractivity contribution in [1.82, 2.24) is 4.98 Å².